The van der Waals surface area contributed by atoms with E-state index in [1.165, 1.54) is 0 Å². The maximum atomic E-state index is 12.8. The fourth-order valence-corrected chi connectivity index (χ4v) is 3.07. The normalized spacial score (nSPS) is 15.0. The van der Waals surface area contributed by atoms with Gasteiger partial charge in [-0.2, -0.15) is 4.98 Å². The molecule has 0 radical (unpaired) electrons. The fourth-order valence-electron chi connectivity index (χ4n) is 3.07. The number of hydrogen-bond donors (Lipinski definition) is 0. The molecule has 7 nitrogen and oxygen atoms in total. The molecule has 1 aliphatic rings. The Hall–Kier alpha value is -2.70. The second kappa shape index (κ2) is 8.12. The van der Waals surface area contributed by atoms with Crippen molar-refractivity contribution >= 4 is 5.91 Å². The Morgan fingerprint density at radius 2 is 2.04 bits per heavy atom. The van der Waals surface area contributed by atoms with E-state index in [0.717, 1.165) is 18.5 Å². The van der Waals surface area contributed by atoms with E-state index >= 15 is 0 Å². The molecule has 1 aliphatic heterocycles. The second-order valence-corrected chi connectivity index (χ2v) is 6.29. The van der Waals surface area contributed by atoms with Crippen molar-refractivity contribution in [2.24, 2.45) is 0 Å². The molecule has 2 aromatic heterocycles. The van der Waals surface area contributed by atoms with Crippen LogP contribution in [0.25, 0.3) is 0 Å². The highest BCUT2D eigenvalue weighted by Crippen LogP contribution is 2.22. The van der Waals surface area contributed by atoms with E-state index in [4.69, 9.17) is 9.47 Å². The number of carbonyl (C=O) groups excluding carboxylic acids is 1. The Labute approximate surface area is 153 Å². The number of hydrogen-bond acceptors (Lipinski definition) is 6. The zero-order valence-corrected chi connectivity index (χ0v) is 15.4. The first kappa shape index (κ1) is 18.1. The van der Waals surface area contributed by atoms with Gasteiger partial charge in [0.25, 0.3) is 5.91 Å². The largest absolute Gasteiger partial charge is 0.477 e. The van der Waals surface area contributed by atoms with Gasteiger partial charge < -0.3 is 14.4 Å². The highest BCUT2D eigenvalue weighted by atomic mass is 16.5. The Kier molecular flexibility index (Phi) is 5.65. The van der Waals surface area contributed by atoms with Crippen LogP contribution in [-0.4, -0.2) is 51.6 Å². The number of ether oxygens (including phenoxy) is 2. The van der Waals surface area contributed by atoms with Crippen LogP contribution >= 0.6 is 0 Å². The minimum atomic E-state index is -0.0475. The predicted octanol–water partition coefficient (Wildman–Crippen LogP) is 2.57. The number of likely N-dealkylation sites (tertiary alicyclic amines) is 1. The summed E-state index contributed by atoms with van der Waals surface area (Å²) < 4.78 is 11.5. The number of amides is 1. The lowest BCUT2D eigenvalue weighted by Crippen LogP contribution is -2.42. The number of aryl methyl sites for hydroxylation is 2. The highest BCUT2D eigenvalue weighted by Gasteiger charge is 2.27. The molecule has 3 heterocycles. The third kappa shape index (κ3) is 4.28. The fraction of sp³-hybridized carbons (Fsp3) is 0.474. The first-order chi connectivity index (χ1) is 12.6. The first-order valence-electron chi connectivity index (χ1n) is 8.93. The summed E-state index contributed by atoms with van der Waals surface area (Å²) in [6, 6.07) is 5.36. The van der Waals surface area contributed by atoms with Crippen molar-refractivity contribution in [1.29, 1.82) is 0 Å². The van der Waals surface area contributed by atoms with Crippen LogP contribution in [0.15, 0.2) is 24.4 Å². The molecule has 1 amide bonds. The van der Waals surface area contributed by atoms with Crippen molar-refractivity contribution < 1.29 is 14.3 Å². The van der Waals surface area contributed by atoms with Gasteiger partial charge in [-0.05, 0) is 32.9 Å². The van der Waals surface area contributed by atoms with Crippen molar-refractivity contribution in [3.05, 3.63) is 41.5 Å². The van der Waals surface area contributed by atoms with E-state index in [9.17, 15) is 4.79 Å². The van der Waals surface area contributed by atoms with Gasteiger partial charge in [-0.1, -0.05) is 0 Å². The van der Waals surface area contributed by atoms with Crippen LogP contribution in [0.3, 0.4) is 0 Å². The number of piperidine rings is 1. The minimum Gasteiger partial charge on any atom is -0.477 e. The average Bonchev–Trinajstić information content (AvgIpc) is 2.62. The van der Waals surface area contributed by atoms with E-state index in [0.29, 0.717) is 42.8 Å². The molecule has 0 saturated carbocycles. The van der Waals surface area contributed by atoms with Crippen LogP contribution in [0, 0.1) is 13.8 Å². The summed E-state index contributed by atoms with van der Waals surface area (Å²) in [6.07, 6.45) is 3.21. The van der Waals surface area contributed by atoms with Crippen molar-refractivity contribution in [2.45, 2.75) is 39.7 Å². The Morgan fingerprint density at radius 3 is 2.73 bits per heavy atom. The molecule has 138 valence electrons. The summed E-state index contributed by atoms with van der Waals surface area (Å²) >= 11 is 0. The molecule has 26 heavy (non-hydrogen) atoms. The molecule has 0 spiro atoms. The number of rotatable bonds is 5. The van der Waals surface area contributed by atoms with E-state index in [2.05, 4.69) is 15.0 Å². The zero-order valence-electron chi connectivity index (χ0n) is 15.4. The lowest BCUT2D eigenvalue weighted by molar-refractivity contribution is 0.0583. The molecular weight excluding hydrogens is 332 g/mol. The Morgan fingerprint density at radius 1 is 1.27 bits per heavy atom. The first-order valence-corrected chi connectivity index (χ1v) is 8.93. The van der Waals surface area contributed by atoms with Crippen LogP contribution in [0.4, 0.5) is 0 Å². The van der Waals surface area contributed by atoms with Gasteiger partial charge in [0.05, 0.1) is 6.61 Å². The van der Waals surface area contributed by atoms with Crippen molar-refractivity contribution in [3.8, 4) is 11.8 Å². The summed E-state index contributed by atoms with van der Waals surface area (Å²) in [7, 11) is 0. The number of carbonyl (C=O) groups is 1. The molecule has 0 aliphatic carbocycles. The lowest BCUT2D eigenvalue weighted by atomic mass is 10.1. The second-order valence-electron chi connectivity index (χ2n) is 6.29. The van der Waals surface area contributed by atoms with Gasteiger partial charge in [-0.25, -0.2) is 9.97 Å². The van der Waals surface area contributed by atoms with Gasteiger partial charge in [-0.3, -0.25) is 4.79 Å². The van der Waals surface area contributed by atoms with Gasteiger partial charge >= 0.3 is 0 Å². The van der Waals surface area contributed by atoms with Gasteiger partial charge in [0.1, 0.15) is 17.5 Å². The van der Waals surface area contributed by atoms with E-state index < -0.39 is 0 Å². The molecule has 1 saturated heterocycles. The third-order valence-electron chi connectivity index (χ3n) is 4.24. The van der Waals surface area contributed by atoms with Crippen molar-refractivity contribution in [2.75, 3.05) is 19.7 Å². The standard InChI is InChI=1S/C19H24N4O3/c1-4-25-18-16(6-5-9-20-18)19(24)23-10-7-15(8-11-23)26-17-12-13(2)21-14(3)22-17/h5-6,9,12,15H,4,7-8,10-11H2,1-3H3. The minimum absolute atomic E-state index is 0.0475. The monoisotopic (exact) mass is 356 g/mol. The maximum Gasteiger partial charge on any atom is 0.259 e. The number of nitrogens with zero attached hydrogens (tertiary/aromatic N) is 4. The maximum absolute atomic E-state index is 12.8. The van der Waals surface area contributed by atoms with E-state index in [1.807, 2.05) is 31.7 Å². The zero-order chi connectivity index (χ0) is 18.5. The molecule has 1 fully saturated rings. The van der Waals surface area contributed by atoms with Gasteiger partial charge in [0, 0.05) is 43.9 Å². The summed E-state index contributed by atoms with van der Waals surface area (Å²) in [5.41, 5.74) is 1.40. The summed E-state index contributed by atoms with van der Waals surface area (Å²) in [5, 5.41) is 0. The molecule has 0 N–H and O–H groups in total. The number of pyridine rings is 1. The van der Waals surface area contributed by atoms with Crippen LogP contribution in [0.5, 0.6) is 11.8 Å². The summed E-state index contributed by atoms with van der Waals surface area (Å²) in [4.78, 5) is 27.4. The Bertz CT molecular complexity index is 753. The topological polar surface area (TPSA) is 77.4 Å². The quantitative estimate of drug-likeness (QED) is 0.819. The van der Waals surface area contributed by atoms with Crippen molar-refractivity contribution in [1.82, 2.24) is 19.9 Å². The number of aromatic nitrogens is 3. The van der Waals surface area contributed by atoms with Crippen LogP contribution < -0.4 is 9.47 Å². The van der Waals surface area contributed by atoms with Gasteiger partial charge in [0.2, 0.25) is 11.8 Å². The smallest absolute Gasteiger partial charge is 0.259 e. The summed E-state index contributed by atoms with van der Waals surface area (Å²) in [5.74, 6) is 1.65. The van der Waals surface area contributed by atoms with E-state index in [-0.39, 0.29) is 12.0 Å². The SMILES string of the molecule is CCOc1ncccc1C(=O)N1CCC(Oc2cc(C)nc(C)n2)CC1. The highest BCUT2D eigenvalue weighted by molar-refractivity contribution is 5.96. The molecule has 0 bridgehead atoms. The summed E-state index contributed by atoms with van der Waals surface area (Å²) in [6.45, 7) is 7.39. The molecule has 0 unspecified atom stereocenters. The lowest BCUT2D eigenvalue weighted by Gasteiger charge is -2.32. The third-order valence-corrected chi connectivity index (χ3v) is 4.24. The molecule has 3 rings (SSSR count). The molecule has 2 aromatic rings. The molecular formula is C19H24N4O3. The molecule has 0 aromatic carbocycles. The predicted molar refractivity (Wildman–Crippen MR) is 96.5 cm³/mol. The average molecular weight is 356 g/mol. The van der Waals surface area contributed by atoms with Crippen LogP contribution in [-0.2, 0) is 0 Å². The van der Waals surface area contributed by atoms with Crippen molar-refractivity contribution in [3.63, 3.8) is 0 Å². The molecule has 0 atom stereocenters. The van der Waals surface area contributed by atoms with Gasteiger partial charge in [0.15, 0.2) is 0 Å². The Balaban J connectivity index is 1.60. The van der Waals surface area contributed by atoms with Crippen LogP contribution in [0.1, 0.15) is 41.6 Å². The molecule has 7 heteroatoms. The van der Waals surface area contributed by atoms with Gasteiger partial charge in [-0.15, -0.1) is 0 Å². The van der Waals surface area contributed by atoms with E-state index in [1.54, 1.807) is 18.3 Å². The van der Waals surface area contributed by atoms with Crippen LogP contribution in [0.2, 0.25) is 0 Å².